The fourth-order valence-corrected chi connectivity index (χ4v) is 5.18. The molecule has 10 heteroatoms. The van der Waals surface area contributed by atoms with E-state index in [1.165, 1.54) is 6.20 Å². The van der Waals surface area contributed by atoms with Crippen molar-refractivity contribution in [1.82, 2.24) is 24.9 Å². The summed E-state index contributed by atoms with van der Waals surface area (Å²) >= 11 is 0. The van der Waals surface area contributed by atoms with Crippen molar-refractivity contribution in [1.29, 1.82) is 5.26 Å². The monoisotopic (exact) mass is 387 g/mol. The standard InChI is InChI=1S/C17H21N7O2S/c1-12-4-3-5-13(2)24(12)27(25,26)16-8-6-15(7-9-16)19-11-14(10-18)17-20-22-23-21-17/h6-9,11-13,19H,3-5H2,1-2H3,(H,20,21,22,23). The zero-order valence-corrected chi connectivity index (χ0v) is 15.9. The number of allylic oxidation sites excluding steroid dienone is 1. The summed E-state index contributed by atoms with van der Waals surface area (Å²) in [5.41, 5.74) is 0.848. The van der Waals surface area contributed by atoms with Crippen LogP contribution in [0.2, 0.25) is 0 Å². The van der Waals surface area contributed by atoms with Crippen molar-refractivity contribution in [3.63, 3.8) is 0 Å². The minimum atomic E-state index is -3.54. The van der Waals surface area contributed by atoms with Gasteiger partial charge in [0.05, 0.1) is 4.90 Å². The molecular formula is C17H21N7O2S. The summed E-state index contributed by atoms with van der Waals surface area (Å²) in [5.74, 6) is 0.178. The number of aromatic amines is 1. The molecule has 2 aromatic rings. The highest BCUT2D eigenvalue weighted by Crippen LogP contribution is 2.30. The number of nitrogens with one attached hydrogen (secondary N) is 2. The average Bonchev–Trinajstić information content (AvgIpc) is 3.17. The van der Waals surface area contributed by atoms with Crippen LogP contribution in [0.15, 0.2) is 35.4 Å². The van der Waals surface area contributed by atoms with Crippen LogP contribution in [0.25, 0.3) is 5.57 Å². The lowest BCUT2D eigenvalue weighted by Gasteiger charge is -2.37. The van der Waals surface area contributed by atoms with Crippen molar-refractivity contribution in [2.45, 2.75) is 50.1 Å². The van der Waals surface area contributed by atoms with Gasteiger partial charge in [0.25, 0.3) is 0 Å². The number of aromatic nitrogens is 4. The summed E-state index contributed by atoms with van der Waals surface area (Å²) < 4.78 is 27.6. The minimum absolute atomic E-state index is 0.00682. The van der Waals surface area contributed by atoms with Gasteiger partial charge in [-0.1, -0.05) is 6.42 Å². The molecule has 1 aromatic heterocycles. The zero-order valence-electron chi connectivity index (χ0n) is 15.1. The summed E-state index contributed by atoms with van der Waals surface area (Å²) in [4.78, 5) is 0.260. The number of piperidine rings is 1. The molecule has 1 aromatic carbocycles. The van der Waals surface area contributed by atoms with Crippen molar-refractivity contribution >= 4 is 21.3 Å². The van der Waals surface area contributed by atoms with E-state index in [2.05, 4.69) is 25.9 Å². The number of sulfonamides is 1. The van der Waals surface area contributed by atoms with Gasteiger partial charge in [0, 0.05) is 24.0 Å². The van der Waals surface area contributed by atoms with Gasteiger partial charge >= 0.3 is 0 Å². The number of anilines is 1. The van der Waals surface area contributed by atoms with Crippen LogP contribution in [-0.4, -0.2) is 45.4 Å². The van der Waals surface area contributed by atoms with Crippen LogP contribution in [0.5, 0.6) is 0 Å². The zero-order chi connectivity index (χ0) is 19.4. The molecule has 1 aliphatic heterocycles. The van der Waals surface area contributed by atoms with E-state index in [0.29, 0.717) is 5.69 Å². The van der Waals surface area contributed by atoms with Gasteiger partial charge in [-0.25, -0.2) is 8.42 Å². The summed E-state index contributed by atoms with van der Waals surface area (Å²) in [5, 5.41) is 25.3. The summed E-state index contributed by atoms with van der Waals surface area (Å²) in [6.07, 6.45) is 4.25. The van der Waals surface area contributed by atoms with E-state index in [1.54, 1.807) is 28.6 Å². The number of benzene rings is 1. The van der Waals surface area contributed by atoms with Crippen LogP contribution >= 0.6 is 0 Å². The first-order valence-electron chi connectivity index (χ1n) is 8.67. The Hall–Kier alpha value is -2.77. The van der Waals surface area contributed by atoms with Gasteiger partial charge in [0.1, 0.15) is 11.6 Å². The molecular weight excluding hydrogens is 366 g/mol. The predicted octanol–water partition coefficient (Wildman–Crippen LogP) is 2.13. The second-order valence-corrected chi connectivity index (χ2v) is 8.38. The average molecular weight is 387 g/mol. The maximum atomic E-state index is 13.0. The quantitative estimate of drug-likeness (QED) is 0.752. The van der Waals surface area contributed by atoms with Gasteiger partial charge in [-0.2, -0.15) is 14.8 Å². The Morgan fingerprint density at radius 1 is 1.30 bits per heavy atom. The van der Waals surface area contributed by atoms with Gasteiger partial charge < -0.3 is 5.32 Å². The maximum Gasteiger partial charge on any atom is 0.243 e. The first-order chi connectivity index (χ1) is 12.9. The molecule has 2 heterocycles. The molecule has 1 saturated heterocycles. The van der Waals surface area contributed by atoms with Crippen LogP contribution in [-0.2, 0) is 10.0 Å². The molecule has 0 amide bonds. The van der Waals surface area contributed by atoms with E-state index < -0.39 is 10.0 Å². The summed E-state index contributed by atoms with van der Waals surface area (Å²) in [6, 6.07) is 8.42. The van der Waals surface area contributed by atoms with Gasteiger partial charge in [-0.15, -0.1) is 10.2 Å². The highest BCUT2D eigenvalue weighted by atomic mass is 32.2. The number of hydrogen-bond donors (Lipinski definition) is 2. The lowest BCUT2D eigenvalue weighted by atomic mass is 10.0. The Morgan fingerprint density at radius 2 is 1.96 bits per heavy atom. The van der Waals surface area contributed by atoms with Crippen LogP contribution in [0.1, 0.15) is 38.9 Å². The summed E-state index contributed by atoms with van der Waals surface area (Å²) in [6.45, 7) is 3.91. The molecule has 3 rings (SSSR count). The van der Waals surface area contributed by atoms with Crippen LogP contribution in [0.3, 0.4) is 0 Å². The maximum absolute atomic E-state index is 13.0. The van der Waals surface area contributed by atoms with Crippen LogP contribution in [0, 0.1) is 11.3 Å². The Labute approximate surface area is 158 Å². The Morgan fingerprint density at radius 3 is 2.52 bits per heavy atom. The third-order valence-electron chi connectivity index (χ3n) is 4.63. The Bertz CT molecular complexity index is 936. The van der Waals surface area contributed by atoms with E-state index in [4.69, 9.17) is 5.26 Å². The topological polar surface area (TPSA) is 128 Å². The molecule has 9 nitrogen and oxygen atoms in total. The lowest BCUT2D eigenvalue weighted by Crippen LogP contribution is -2.47. The third-order valence-corrected chi connectivity index (χ3v) is 6.77. The molecule has 2 N–H and O–H groups in total. The van der Waals surface area contributed by atoms with E-state index >= 15 is 0 Å². The fraction of sp³-hybridized carbons (Fsp3) is 0.412. The second kappa shape index (κ2) is 7.85. The molecule has 142 valence electrons. The summed E-state index contributed by atoms with van der Waals surface area (Å²) in [7, 11) is -3.54. The van der Waals surface area contributed by atoms with Crippen molar-refractivity contribution in [3.8, 4) is 6.07 Å². The van der Waals surface area contributed by atoms with E-state index in [0.717, 1.165) is 19.3 Å². The smallest absolute Gasteiger partial charge is 0.243 e. The molecule has 0 bridgehead atoms. The largest absolute Gasteiger partial charge is 0.360 e. The number of hydrogen-bond acceptors (Lipinski definition) is 7. The first kappa shape index (κ1) is 19.0. The highest BCUT2D eigenvalue weighted by Gasteiger charge is 2.35. The van der Waals surface area contributed by atoms with Crippen molar-refractivity contribution in [2.75, 3.05) is 5.32 Å². The third kappa shape index (κ3) is 3.99. The molecule has 2 atom stereocenters. The fourth-order valence-electron chi connectivity index (χ4n) is 3.29. The molecule has 0 aliphatic carbocycles. The molecule has 1 fully saturated rings. The molecule has 0 radical (unpaired) electrons. The first-order valence-corrected chi connectivity index (χ1v) is 10.1. The van der Waals surface area contributed by atoms with Gasteiger partial charge in [0.2, 0.25) is 15.8 Å². The van der Waals surface area contributed by atoms with E-state index in [1.807, 2.05) is 19.9 Å². The normalized spacial score (nSPS) is 21.6. The molecule has 0 saturated carbocycles. The predicted molar refractivity (Wildman–Crippen MR) is 99.6 cm³/mol. The van der Waals surface area contributed by atoms with Gasteiger partial charge in [0.15, 0.2) is 0 Å². The Balaban J connectivity index is 1.78. The van der Waals surface area contributed by atoms with Gasteiger partial charge in [-0.3, -0.25) is 0 Å². The SMILES string of the molecule is CC1CCCC(C)N1S(=O)(=O)c1ccc(NC=C(C#N)c2nn[nH]n2)cc1. The highest BCUT2D eigenvalue weighted by molar-refractivity contribution is 7.89. The molecule has 2 unspecified atom stereocenters. The van der Waals surface area contributed by atoms with Crippen LogP contribution < -0.4 is 5.32 Å². The molecule has 1 aliphatic rings. The van der Waals surface area contributed by atoms with Crippen molar-refractivity contribution in [3.05, 3.63) is 36.3 Å². The molecule has 27 heavy (non-hydrogen) atoms. The number of nitriles is 1. The van der Waals surface area contributed by atoms with Crippen molar-refractivity contribution < 1.29 is 8.42 Å². The number of H-pyrrole nitrogens is 1. The van der Waals surface area contributed by atoms with Crippen molar-refractivity contribution in [2.24, 2.45) is 0 Å². The lowest BCUT2D eigenvalue weighted by molar-refractivity contribution is 0.204. The number of tetrazole rings is 1. The Kier molecular flexibility index (Phi) is 5.53. The number of nitrogens with zero attached hydrogens (tertiary/aromatic N) is 5. The molecule has 0 spiro atoms. The number of rotatable bonds is 5. The van der Waals surface area contributed by atoms with E-state index in [-0.39, 0.29) is 28.4 Å². The minimum Gasteiger partial charge on any atom is -0.360 e. The van der Waals surface area contributed by atoms with Crippen LogP contribution in [0.4, 0.5) is 5.69 Å². The second-order valence-electron chi connectivity index (χ2n) is 6.54. The van der Waals surface area contributed by atoms with E-state index in [9.17, 15) is 8.42 Å². The van der Waals surface area contributed by atoms with Gasteiger partial charge in [-0.05, 0) is 56.2 Å².